The fraction of sp³-hybridized carbons (Fsp3) is 0.259. The van der Waals surface area contributed by atoms with Gasteiger partial charge in [-0.15, -0.1) is 11.3 Å². The molecule has 2 heterocycles. The van der Waals surface area contributed by atoms with Crippen molar-refractivity contribution < 1.29 is 4.79 Å². The van der Waals surface area contributed by atoms with Crippen LogP contribution in [0.15, 0.2) is 66.7 Å². The van der Waals surface area contributed by atoms with Crippen LogP contribution in [0.3, 0.4) is 0 Å². The average molecular weight is 442 g/mol. The Bertz CT molecular complexity index is 1240. The quantitative estimate of drug-likeness (QED) is 0.384. The second kappa shape index (κ2) is 9.23. The molecule has 32 heavy (non-hydrogen) atoms. The number of likely N-dealkylation sites (tertiary alicyclic amines) is 1. The van der Waals surface area contributed by atoms with E-state index in [1.807, 2.05) is 37.3 Å². The van der Waals surface area contributed by atoms with Crippen molar-refractivity contribution in [2.24, 2.45) is 0 Å². The number of carbonyl (C=O) groups is 1. The second-order valence-corrected chi connectivity index (χ2v) is 9.68. The lowest BCUT2D eigenvalue weighted by Gasteiger charge is -2.27. The van der Waals surface area contributed by atoms with Crippen LogP contribution in [-0.2, 0) is 6.54 Å². The molecule has 162 valence electrons. The molecular weight excluding hydrogens is 414 g/mol. The summed E-state index contributed by atoms with van der Waals surface area (Å²) in [7, 11) is 0. The number of thiazole rings is 1. The lowest BCUT2D eigenvalue weighted by molar-refractivity contribution is 0.102. The highest BCUT2D eigenvalue weighted by Gasteiger charge is 2.16. The van der Waals surface area contributed by atoms with Crippen molar-refractivity contribution in [2.75, 3.05) is 18.4 Å². The van der Waals surface area contributed by atoms with Crippen LogP contribution in [0.25, 0.3) is 21.3 Å². The molecule has 5 heteroatoms. The van der Waals surface area contributed by atoms with E-state index >= 15 is 0 Å². The highest BCUT2D eigenvalue weighted by Crippen LogP contribution is 2.28. The molecular formula is C27H27N3OS. The van der Waals surface area contributed by atoms with Gasteiger partial charge in [-0.25, -0.2) is 4.98 Å². The van der Waals surface area contributed by atoms with Crippen LogP contribution in [0.2, 0.25) is 0 Å². The predicted octanol–water partition coefficient (Wildman–Crippen LogP) is 6.51. The highest BCUT2D eigenvalue weighted by atomic mass is 32.1. The van der Waals surface area contributed by atoms with Crippen molar-refractivity contribution in [3.8, 4) is 11.1 Å². The summed E-state index contributed by atoms with van der Waals surface area (Å²) < 4.78 is 1.14. The minimum absolute atomic E-state index is 0.0872. The first-order chi connectivity index (χ1) is 15.7. The van der Waals surface area contributed by atoms with Gasteiger partial charge in [-0.05, 0) is 79.9 Å². The molecule has 1 saturated heterocycles. The Kier molecular flexibility index (Phi) is 6.02. The van der Waals surface area contributed by atoms with Crippen LogP contribution < -0.4 is 5.32 Å². The van der Waals surface area contributed by atoms with Crippen molar-refractivity contribution in [3.05, 3.63) is 82.9 Å². The standard InChI is InChI=1S/C27H27N3OS/c1-19-28-25-17-23(11-13-26(25)32-19)29-27(31)21-10-12-24(20-8-4-2-5-9-20)22(16-21)18-30-14-6-3-7-15-30/h2,4-5,8-13,16-17H,3,6-7,14-15,18H2,1H3,(H,29,31). The van der Waals surface area contributed by atoms with E-state index in [1.54, 1.807) is 11.3 Å². The predicted molar refractivity (Wildman–Crippen MR) is 133 cm³/mol. The first kappa shape index (κ1) is 20.9. The fourth-order valence-electron chi connectivity index (χ4n) is 4.45. The number of nitrogens with one attached hydrogen (secondary N) is 1. The van der Waals surface area contributed by atoms with E-state index in [1.165, 1.54) is 36.0 Å². The van der Waals surface area contributed by atoms with Crippen LogP contribution in [0.4, 0.5) is 5.69 Å². The zero-order valence-corrected chi connectivity index (χ0v) is 19.1. The number of piperidine rings is 1. The van der Waals surface area contributed by atoms with Gasteiger partial charge in [0.2, 0.25) is 0 Å². The van der Waals surface area contributed by atoms with Gasteiger partial charge >= 0.3 is 0 Å². The second-order valence-electron chi connectivity index (χ2n) is 8.44. The Hall–Kier alpha value is -3.02. The van der Waals surface area contributed by atoms with Gasteiger partial charge in [0.1, 0.15) is 0 Å². The third kappa shape index (κ3) is 4.59. The summed E-state index contributed by atoms with van der Waals surface area (Å²) in [6.07, 6.45) is 3.81. The van der Waals surface area contributed by atoms with Crippen LogP contribution >= 0.6 is 11.3 Å². The van der Waals surface area contributed by atoms with E-state index in [-0.39, 0.29) is 5.91 Å². The van der Waals surface area contributed by atoms with Gasteiger partial charge in [-0.1, -0.05) is 42.8 Å². The minimum Gasteiger partial charge on any atom is -0.322 e. The first-order valence-electron chi connectivity index (χ1n) is 11.2. The van der Waals surface area contributed by atoms with Gasteiger partial charge in [0.25, 0.3) is 5.91 Å². The number of aryl methyl sites for hydroxylation is 1. The summed E-state index contributed by atoms with van der Waals surface area (Å²) in [5.41, 5.74) is 5.98. The molecule has 0 atom stereocenters. The largest absolute Gasteiger partial charge is 0.322 e. The molecule has 1 aromatic heterocycles. The van der Waals surface area contributed by atoms with Crippen LogP contribution in [-0.4, -0.2) is 28.9 Å². The van der Waals surface area contributed by atoms with Crippen molar-refractivity contribution in [1.29, 1.82) is 0 Å². The SMILES string of the molecule is Cc1nc2cc(NC(=O)c3ccc(-c4ccccc4)c(CN4CCCCC4)c3)ccc2s1. The Balaban J connectivity index is 1.43. The van der Waals surface area contributed by atoms with Crippen molar-refractivity contribution in [2.45, 2.75) is 32.7 Å². The summed E-state index contributed by atoms with van der Waals surface area (Å²) in [6, 6.07) is 22.5. The lowest BCUT2D eigenvalue weighted by Crippen LogP contribution is -2.29. The topological polar surface area (TPSA) is 45.2 Å². The number of aromatic nitrogens is 1. The maximum absolute atomic E-state index is 13.1. The summed E-state index contributed by atoms with van der Waals surface area (Å²) in [5, 5.41) is 4.09. The number of hydrogen-bond acceptors (Lipinski definition) is 4. The smallest absolute Gasteiger partial charge is 0.255 e. The highest BCUT2D eigenvalue weighted by molar-refractivity contribution is 7.18. The third-order valence-corrected chi connectivity index (χ3v) is 7.00. The molecule has 0 aliphatic carbocycles. The number of benzene rings is 3. The van der Waals surface area contributed by atoms with E-state index in [9.17, 15) is 4.79 Å². The van der Waals surface area contributed by atoms with E-state index < -0.39 is 0 Å². The van der Waals surface area contributed by atoms with Crippen molar-refractivity contribution >= 4 is 33.1 Å². The number of amides is 1. The molecule has 0 bridgehead atoms. The Morgan fingerprint density at radius 3 is 2.62 bits per heavy atom. The summed E-state index contributed by atoms with van der Waals surface area (Å²) in [5.74, 6) is -0.0872. The Labute approximate surface area is 192 Å². The van der Waals surface area contributed by atoms with Gasteiger partial charge in [0, 0.05) is 17.8 Å². The molecule has 0 radical (unpaired) electrons. The zero-order valence-electron chi connectivity index (χ0n) is 18.3. The third-order valence-electron chi connectivity index (χ3n) is 6.05. The van der Waals surface area contributed by atoms with Gasteiger partial charge in [-0.2, -0.15) is 0 Å². The van der Waals surface area contributed by atoms with Crippen LogP contribution in [0.1, 0.15) is 40.2 Å². The van der Waals surface area contributed by atoms with E-state index in [2.05, 4.69) is 51.6 Å². The Morgan fingerprint density at radius 1 is 1.00 bits per heavy atom. The number of hydrogen-bond donors (Lipinski definition) is 1. The number of fused-ring (bicyclic) bond motifs is 1. The molecule has 0 unspecified atom stereocenters. The number of anilines is 1. The van der Waals surface area contributed by atoms with Gasteiger partial charge in [-0.3, -0.25) is 9.69 Å². The molecule has 1 amide bonds. The molecule has 1 N–H and O–H groups in total. The minimum atomic E-state index is -0.0872. The normalized spacial score (nSPS) is 14.5. The summed E-state index contributed by atoms with van der Waals surface area (Å²) in [4.78, 5) is 20.2. The van der Waals surface area contributed by atoms with Crippen molar-refractivity contribution in [3.63, 3.8) is 0 Å². The van der Waals surface area contributed by atoms with Gasteiger partial charge in [0.05, 0.1) is 15.2 Å². The fourth-order valence-corrected chi connectivity index (χ4v) is 5.25. The number of carbonyl (C=O) groups excluding carboxylic acids is 1. The van der Waals surface area contributed by atoms with Gasteiger partial charge < -0.3 is 5.32 Å². The Morgan fingerprint density at radius 2 is 1.81 bits per heavy atom. The van der Waals surface area contributed by atoms with Crippen molar-refractivity contribution in [1.82, 2.24) is 9.88 Å². The number of nitrogens with zero attached hydrogens (tertiary/aromatic N) is 2. The maximum Gasteiger partial charge on any atom is 0.255 e. The molecule has 0 saturated carbocycles. The molecule has 3 aromatic carbocycles. The molecule has 1 aliphatic heterocycles. The maximum atomic E-state index is 13.1. The van der Waals surface area contributed by atoms with Crippen LogP contribution in [0.5, 0.6) is 0 Å². The zero-order chi connectivity index (χ0) is 21.9. The van der Waals surface area contributed by atoms with E-state index in [4.69, 9.17) is 0 Å². The summed E-state index contributed by atoms with van der Waals surface area (Å²) in [6.45, 7) is 5.12. The van der Waals surface area contributed by atoms with Crippen LogP contribution in [0, 0.1) is 6.92 Å². The molecule has 4 nitrogen and oxygen atoms in total. The summed E-state index contributed by atoms with van der Waals surface area (Å²) >= 11 is 1.67. The molecule has 0 spiro atoms. The molecule has 5 rings (SSSR count). The monoisotopic (exact) mass is 441 g/mol. The average Bonchev–Trinajstić information content (AvgIpc) is 3.19. The molecule has 1 aliphatic rings. The van der Waals surface area contributed by atoms with E-state index in [0.29, 0.717) is 5.56 Å². The van der Waals surface area contributed by atoms with E-state index in [0.717, 1.165) is 40.5 Å². The molecule has 1 fully saturated rings. The first-order valence-corrected chi connectivity index (χ1v) is 12.1. The van der Waals surface area contributed by atoms with Gasteiger partial charge in [0.15, 0.2) is 0 Å². The lowest BCUT2D eigenvalue weighted by atomic mass is 9.96. The number of rotatable bonds is 5. The molecule has 4 aromatic rings.